The van der Waals surface area contributed by atoms with Gasteiger partial charge in [0.25, 0.3) is 0 Å². The van der Waals surface area contributed by atoms with E-state index in [0.717, 1.165) is 0 Å². The number of nitrogens with two attached hydrogens (primary N) is 1. The number of carbonyl (C=O) groups is 1. The molecule has 0 bridgehead atoms. The molecule has 1 aliphatic heterocycles. The lowest BCUT2D eigenvalue weighted by Gasteiger charge is -2.35. The normalized spacial score (nSPS) is 17.2. The highest BCUT2D eigenvalue weighted by molar-refractivity contribution is 5.85. The number of amides is 1. The summed E-state index contributed by atoms with van der Waals surface area (Å²) in [4.78, 5) is 14.8. The van der Waals surface area contributed by atoms with Crippen LogP contribution < -0.4 is 11.1 Å². The molecular weight excluding hydrogens is 361 g/mol. The molecule has 1 atom stereocenters. The molecule has 1 aromatic carbocycles. The Morgan fingerprint density at radius 1 is 1.24 bits per heavy atom. The van der Waals surface area contributed by atoms with Gasteiger partial charge in [0.05, 0.1) is 11.5 Å². The van der Waals surface area contributed by atoms with Crippen molar-refractivity contribution in [3.63, 3.8) is 0 Å². The SMILES string of the molecule is Cc1ccc(C(CNC(=O)C2(CN)CCOCC2)N(C)C)cc1.Cl.Cl. The van der Waals surface area contributed by atoms with Crippen LogP contribution in [-0.2, 0) is 9.53 Å². The molecular formula is C18H31Cl2N3O2. The van der Waals surface area contributed by atoms with E-state index < -0.39 is 5.41 Å². The van der Waals surface area contributed by atoms with Crippen molar-refractivity contribution < 1.29 is 9.53 Å². The first-order chi connectivity index (χ1) is 11.0. The van der Waals surface area contributed by atoms with Gasteiger partial charge in [0, 0.05) is 26.3 Å². The minimum absolute atomic E-state index is 0. The van der Waals surface area contributed by atoms with Crippen LogP contribution in [0.15, 0.2) is 24.3 Å². The number of nitrogens with one attached hydrogen (secondary N) is 1. The van der Waals surface area contributed by atoms with Gasteiger partial charge in [-0.1, -0.05) is 29.8 Å². The monoisotopic (exact) mass is 391 g/mol. The van der Waals surface area contributed by atoms with Crippen molar-refractivity contribution in [2.45, 2.75) is 25.8 Å². The number of rotatable bonds is 6. The first-order valence-corrected chi connectivity index (χ1v) is 8.27. The van der Waals surface area contributed by atoms with Crippen molar-refractivity contribution >= 4 is 30.7 Å². The number of nitrogens with zero attached hydrogens (tertiary/aromatic N) is 1. The zero-order valence-electron chi connectivity index (χ0n) is 15.3. The summed E-state index contributed by atoms with van der Waals surface area (Å²) in [6, 6.07) is 8.61. The number of ether oxygens (including phenoxy) is 1. The van der Waals surface area contributed by atoms with Crippen molar-refractivity contribution in [3.05, 3.63) is 35.4 Å². The van der Waals surface area contributed by atoms with E-state index in [2.05, 4.69) is 41.4 Å². The van der Waals surface area contributed by atoms with E-state index in [1.807, 2.05) is 14.1 Å². The van der Waals surface area contributed by atoms with Crippen LogP contribution in [0.1, 0.15) is 30.0 Å². The summed E-state index contributed by atoms with van der Waals surface area (Å²) in [5.74, 6) is 0.0576. The predicted molar refractivity (Wildman–Crippen MR) is 107 cm³/mol. The van der Waals surface area contributed by atoms with Crippen LogP contribution in [0.25, 0.3) is 0 Å². The summed E-state index contributed by atoms with van der Waals surface area (Å²) in [5.41, 5.74) is 7.88. The first kappa shape index (κ1) is 24.1. The number of aryl methyl sites for hydroxylation is 1. The highest BCUT2D eigenvalue weighted by Gasteiger charge is 2.38. The Morgan fingerprint density at radius 3 is 2.28 bits per heavy atom. The second-order valence-corrected chi connectivity index (χ2v) is 6.70. The average molecular weight is 392 g/mol. The van der Waals surface area contributed by atoms with E-state index in [1.165, 1.54) is 11.1 Å². The van der Waals surface area contributed by atoms with Crippen LogP contribution in [0.3, 0.4) is 0 Å². The van der Waals surface area contributed by atoms with Crippen LogP contribution in [0.2, 0.25) is 0 Å². The average Bonchev–Trinajstić information content (AvgIpc) is 2.56. The maximum absolute atomic E-state index is 12.7. The van der Waals surface area contributed by atoms with Gasteiger partial charge < -0.3 is 20.7 Å². The van der Waals surface area contributed by atoms with Gasteiger partial charge in [-0.2, -0.15) is 0 Å². The molecule has 7 heteroatoms. The highest BCUT2D eigenvalue weighted by Crippen LogP contribution is 2.30. The van der Waals surface area contributed by atoms with Gasteiger partial charge >= 0.3 is 0 Å². The largest absolute Gasteiger partial charge is 0.381 e. The van der Waals surface area contributed by atoms with E-state index in [9.17, 15) is 4.79 Å². The molecule has 1 saturated heterocycles. The maximum atomic E-state index is 12.7. The molecule has 1 fully saturated rings. The fourth-order valence-electron chi connectivity index (χ4n) is 3.05. The molecule has 1 heterocycles. The summed E-state index contributed by atoms with van der Waals surface area (Å²) in [6.07, 6.45) is 1.40. The van der Waals surface area contributed by atoms with E-state index in [1.54, 1.807) is 0 Å². The third kappa shape index (κ3) is 6.12. The Hall–Kier alpha value is -0.850. The molecule has 0 aliphatic carbocycles. The lowest BCUT2D eigenvalue weighted by Crippen LogP contribution is -2.50. The van der Waals surface area contributed by atoms with Crippen molar-refractivity contribution in [3.8, 4) is 0 Å². The summed E-state index contributed by atoms with van der Waals surface area (Å²) < 4.78 is 5.38. The lowest BCUT2D eigenvalue weighted by molar-refractivity contribution is -0.136. The first-order valence-electron chi connectivity index (χ1n) is 8.27. The predicted octanol–water partition coefficient (Wildman–Crippen LogP) is 2.31. The Balaban J connectivity index is 0.00000288. The van der Waals surface area contributed by atoms with E-state index in [0.29, 0.717) is 39.1 Å². The van der Waals surface area contributed by atoms with Crippen LogP contribution >= 0.6 is 24.8 Å². The van der Waals surface area contributed by atoms with Gasteiger partial charge in [-0.15, -0.1) is 24.8 Å². The minimum Gasteiger partial charge on any atom is -0.381 e. The number of carbonyl (C=O) groups excluding carboxylic acids is 1. The van der Waals surface area contributed by atoms with Crippen LogP contribution in [0.4, 0.5) is 0 Å². The molecule has 0 saturated carbocycles. The van der Waals surface area contributed by atoms with Crippen LogP contribution in [-0.4, -0.2) is 51.2 Å². The van der Waals surface area contributed by atoms with Gasteiger partial charge in [0.2, 0.25) is 5.91 Å². The molecule has 25 heavy (non-hydrogen) atoms. The topological polar surface area (TPSA) is 67.6 Å². The van der Waals surface area contributed by atoms with E-state index in [4.69, 9.17) is 10.5 Å². The maximum Gasteiger partial charge on any atom is 0.227 e. The molecule has 3 N–H and O–H groups in total. The van der Waals surface area contributed by atoms with Crippen molar-refractivity contribution in [2.24, 2.45) is 11.1 Å². The zero-order chi connectivity index (χ0) is 16.9. The lowest BCUT2D eigenvalue weighted by atomic mass is 9.79. The molecule has 0 aromatic heterocycles. The summed E-state index contributed by atoms with van der Waals surface area (Å²) in [6.45, 7) is 4.25. The van der Waals surface area contributed by atoms with E-state index in [-0.39, 0.29) is 36.8 Å². The Bertz CT molecular complexity index is 518. The Labute approximate surface area is 163 Å². The molecule has 1 unspecified atom stereocenters. The smallest absolute Gasteiger partial charge is 0.227 e. The zero-order valence-corrected chi connectivity index (χ0v) is 16.9. The fraction of sp³-hybridized carbons (Fsp3) is 0.611. The summed E-state index contributed by atoms with van der Waals surface area (Å²) in [5, 5.41) is 3.12. The fourth-order valence-corrected chi connectivity index (χ4v) is 3.05. The number of halogens is 2. The number of likely N-dealkylation sites (N-methyl/N-ethyl adjacent to an activating group) is 1. The van der Waals surface area contributed by atoms with Crippen molar-refractivity contribution in [1.82, 2.24) is 10.2 Å². The van der Waals surface area contributed by atoms with Gasteiger partial charge in [0.1, 0.15) is 0 Å². The van der Waals surface area contributed by atoms with Gasteiger partial charge in [0.15, 0.2) is 0 Å². The quantitative estimate of drug-likeness (QED) is 0.780. The number of hydrogen-bond donors (Lipinski definition) is 2. The Morgan fingerprint density at radius 2 is 1.80 bits per heavy atom. The number of benzene rings is 1. The second-order valence-electron chi connectivity index (χ2n) is 6.70. The van der Waals surface area contributed by atoms with Crippen molar-refractivity contribution in [2.75, 3.05) is 40.4 Å². The molecule has 0 radical (unpaired) electrons. The molecule has 1 aliphatic rings. The van der Waals surface area contributed by atoms with Crippen LogP contribution in [0.5, 0.6) is 0 Å². The second kappa shape index (κ2) is 11.0. The molecule has 1 aromatic rings. The van der Waals surface area contributed by atoms with Gasteiger partial charge in [-0.3, -0.25) is 4.79 Å². The van der Waals surface area contributed by atoms with Gasteiger partial charge in [-0.05, 0) is 39.4 Å². The Kier molecular flexibility index (Phi) is 10.6. The summed E-state index contributed by atoms with van der Waals surface area (Å²) in [7, 11) is 4.06. The minimum atomic E-state index is -0.470. The van der Waals surface area contributed by atoms with Crippen LogP contribution in [0, 0.1) is 12.3 Å². The third-order valence-electron chi connectivity index (χ3n) is 4.86. The van der Waals surface area contributed by atoms with Gasteiger partial charge in [-0.25, -0.2) is 0 Å². The molecule has 5 nitrogen and oxygen atoms in total. The third-order valence-corrected chi connectivity index (χ3v) is 4.86. The molecule has 2 rings (SSSR count). The highest BCUT2D eigenvalue weighted by atomic mass is 35.5. The van der Waals surface area contributed by atoms with E-state index >= 15 is 0 Å². The number of hydrogen-bond acceptors (Lipinski definition) is 4. The molecule has 1 amide bonds. The van der Waals surface area contributed by atoms with Crippen molar-refractivity contribution in [1.29, 1.82) is 0 Å². The standard InChI is InChI=1S/C18H29N3O2.2ClH/c1-14-4-6-15(7-5-14)16(21(2)3)12-20-17(22)18(13-19)8-10-23-11-9-18;;/h4-7,16H,8-13,19H2,1-3H3,(H,20,22);2*1H. The molecule has 0 spiro atoms. The summed E-state index contributed by atoms with van der Waals surface area (Å²) >= 11 is 0. The molecule has 144 valence electrons.